The van der Waals surface area contributed by atoms with Crippen LogP contribution in [-0.2, 0) is 0 Å². The third kappa shape index (κ3) is 3.46. The van der Waals surface area contributed by atoms with Gasteiger partial charge in [-0.05, 0) is 56.3 Å². The molecule has 0 fully saturated rings. The van der Waals surface area contributed by atoms with Gasteiger partial charge in [-0.2, -0.15) is 0 Å². The molecule has 5 nitrogen and oxygen atoms in total. The van der Waals surface area contributed by atoms with E-state index < -0.39 is 0 Å². The van der Waals surface area contributed by atoms with Crippen molar-refractivity contribution in [2.45, 2.75) is 13.8 Å². The van der Waals surface area contributed by atoms with Crippen LogP contribution in [0.15, 0.2) is 53.9 Å². The summed E-state index contributed by atoms with van der Waals surface area (Å²) in [6.45, 7) is 4.50. The van der Waals surface area contributed by atoms with Crippen molar-refractivity contribution in [1.29, 1.82) is 0 Å². The Morgan fingerprint density at radius 2 is 1.96 bits per heavy atom. The van der Waals surface area contributed by atoms with E-state index >= 15 is 0 Å². The number of thiazole rings is 1. The van der Waals surface area contributed by atoms with E-state index in [4.69, 9.17) is 9.72 Å². The maximum absolute atomic E-state index is 13.5. The highest BCUT2D eigenvalue weighted by molar-refractivity contribution is 7.13. The van der Waals surface area contributed by atoms with Crippen molar-refractivity contribution in [1.82, 2.24) is 20.0 Å². The molecule has 0 saturated carbocycles. The molecule has 0 saturated heterocycles. The third-order valence-electron chi connectivity index (χ3n) is 4.12. The summed E-state index contributed by atoms with van der Waals surface area (Å²) in [5.41, 5.74) is 4.03. The van der Waals surface area contributed by atoms with E-state index in [-0.39, 0.29) is 5.82 Å². The maximum Gasteiger partial charge on any atom is 0.146 e. The minimum Gasteiger partial charge on any atom is -0.494 e. The number of hydrogen-bond donors (Lipinski definition) is 0. The third-order valence-corrected chi connectivity index (χ3v) is 4.96. The molecule has 4 rings (SSSR count). The van der Waals surface area contributed by atoms with Crippen molar-refractivity contribution in [3.05, 3.63) is 65.4 Å². The molecular weight excluding hydrogens is 363 g/mol. The molecule has 0 aliphatic carbocycles. The zero-order chi connectivity index (χ0) is 18.8. The number of halogens is 1. The van der Waals surface area contributed by atoms with E-state index in [9.17, 15) is 4.39 Å². The molecule has 4 aromatic rings. The first-order valence-corrected chi connectivity index (χ1v) is 9.41. The maximum atomic E-state index is 13.5. The zero-order valence-corrected chi connectivity index (χ0v) is 15.7. The molecule has 2 aromatic heterocycles. The van der Waals surface area contributed by atoms with E-state index in [1.165, 1.54) is 23.5 Å². The second-order valence-electron chi connectivity index (χ2n) is 5.91. The van der Waals surface area contributed by atoms with Crippen molar-refractivity contribution < 1.29 is 9.13 Å². The SMILES string of the molecule is CCOc1ccc(-c2csc(-c3nnn(-c4cccc(F)c4)c3C)n2)cc1. The largest absolute Gasteiger partial charge is 0.494 e. The lowest BCUT2D eigenvalue weighted by molar-refractivity contribution is 0.340. The number of benzene rings is 2. The van der Waals surface area contributed by atoms with Crippen LogP contribution in [0.3, 0.4) is 0 Å². The number of ether oxygens (including phenoxy) is 1. The molecule has 2 aromatic carbocycles. The van der Waals surface area contributed by atoms with Crippen LogP contribution in [-0.4, -0.2) is 26.6 Å². The van der Waals surface area contributed by atoms with Gasteiger partial charge >= 0.3 is 0 Å². The van der Waals surface area contributed by atoms with Crippen molar-refractivity contribution in [3.63, 3.8) is 0 Å². The van der Waals surface area contributed by atoms with Crippen LogP contribution in [0.5, 0.6) is 5.75 Å². The summed E-state index contributed by atoms with van der Waals surface area (Å²) in [4.78, 5) is 4.70. The second kappa shape index (κ2) is 7.28. The number of nitrogens with zero attached hydrogens (tertiary/aromatic N) is 4. The average Bonchev–Trinajstić information content (AvgIpc) is 3.29. The normalized spacial score (nSPS) is 10.9. The van der Waals surface area contributed by atoms with Crippen LogP contribution >= 0.6 is 11.3 Å². The topological polar surface area (TPSA) is 52.8 Å². The highest BCUT2D eigenvalue weighted by atomic mass is 32.1. The Labute approximate surface area is 160 Å². The van der Waals surface area contributed by atoms with Gasteiger partial charge in [-0.3, -0.25) is 0 Å². The lowest BCUT2D eigenvalue weighted by Crippen LogP contribution is -1.99. The predicted molar refractivity (Wildman–Crippen MR) is 104 cm³/mol. The van der Waals surface area contributed by atoms with Gasteiger partial charge in [0, 0.05) is 10.9 Å². The summed E-state index contributed by atoms with van der Waals surface area (Å²) in [5.74, 6) is 0.529. The van der Waals surface area contributed by atoms with Crippen LogP contribution in [0.1, 0.15) is 12.6 Å². The van der Waals surface area contributed by atoms with Gasteiger partial charge in [0.15, 0.2) is 0 Å². The highest BCUT2D eigenvalue weighted by Crippen LogP contribution is 2.30. The van der Waals surface area contributed by atoms with Gasteiger partial charge in [0.05, 0.1) is 23.7 Å². The zero-order valence-electron chi connectivity index (χ0n) is 14.9. The van der Waals surface area contributed by atoms with Crippen molar-refractivity contribution in [2.75, 3.05) is 6.61 Å². The predicted octanol–water partition coefficient (Wildman–Crippen LogP) is 4.90. The molecule has 0 spiro atoms. The summed E-state index contributed by atoms with van der Waals surface area (Å²) < 4.78 is 20.6. The molecule has 0 bridgehead atoms. The van der Waals surface area contributed by atoms with Crippen LogP contribution in [0.2, 0.25) is 0 Å². The van der Waals surface area contributed by atoms with Gasteiger partial charge in [-0.1, -0.05) is 11.3 Å². The summed E-state index contributed by atoms with van der Waals surface area (Å²) in [6.07, 6.45) is 0. The van der Waals surface area contributed by atoms with Crippen LogP contribution in [0.25, 0.3) is 27.6 Å². The standard InChI is InChI=1S/C20H17FN4OS/c1-3-26-17-9-7-14(8-10-17)18-12-27-20(22-18)19-13(2)25(24-23-19)16-6-4-5-15(21)11-16/h4-12H,3H2,1-2H3. The number of rotatable bonds is 5. The van der Waals surface area contributed by atoms with E-state index in [1.54, 1.807) is 16.8 Å². The molecule has 0 N–H and O–H groups in total. The molecule has 0 aliphatic rings. The monoisotopic (exact) mass is 380 g/mol. The minimum atomic E-state index is -0.309. The first kappa shape index (κ1) is 17.4. The summed E-state index contributed by atoms with van der Waals surface area (Å²) >= 11 is 1.51. The Kier molecular flexibility index (Phi) is 4.68. The van der Waals surface area contributed by atoms with Crippen molar-refractivity contribution in [2.24, 2.45) is 0 Å². The van der Waals surface area contributed by atoms with Gasteiger partial charge in [0.2, 0.25) is 0 Å². The Morgan fingerprint density at radius 3 is 2.70 bits per heavy atom. The smallest absolute Gasteiger partial charge is 0.146 e. The lowest BCUT2D eigenvalue weighted by atomic mass is 10.2. The molecular formula is C20H17FN4OS. The number of aromatic nitrogens is 4. The second-order valence-corrected chi connectivity index (χ2v) is 6.77. The summed E-state index contributed by atoms with van der Waals surface area (Å²) in [6, 6.07) is 14.1. The van der Waals surface area contributed by atoms with Crippen LogP contribution < -0.4 is 4.74 Å². The van der Waals surface area contributed by atoms with Crippen molar-refractivity contribution >= 4 is 11.3 Å². The van der Waals surface area contributed by atoms with Crippen molar-refractivity contribution in [3.8, 4) is 33.4 Å². The summed E-state index contributed by atoms with van der Waals surface area (Å²) in [7, 11) is 0. The molecule has 0 radical (unpaired) electrons. The molecule has 0 aliphatic heterocycles. The van der Waals surface area contributed by atoms with Gasteiger partial charge < -0.3 is 4.74 Å². The van der Waals surface area contributed by atoms with E-state index in [0.717, 1.165) is 27.7 Å². The Hall–Kier alpha value is -3.06. The average molecular weight is 380 g/mol. The van der Waals surface area contributed by atoms with E-state index in [0.29, 0.717) is 18.0 Å². The van der Waals surface area contributed by atoms with Gasteiger partial charge in [0.1, 0.15) is 22.3 Å². The molecule has 136 valence electrons. The summed E-state index contributed by atoms with van der Waals surface area (Å²) in [5, 5.41) is 11.2. The molecule has 7 heteroatoms. The first-order valence-electron chi connectivity index (χ1n) is 8.53. The number of hydrogen-bond acceptors (Lipinski definition) is 5. The van der Waals surface area contributed by atoms with Crippen LogP contribution in [0.4, 0.5) is 4.39 Å². The quantitative estimate of drug-likeness (QED) is 0.494. The molecule has 27 heavy (non-hydrogen) atoms. The Bertz CT molecular complexity index is 1070. The Morgan fingerprint density at radius 1 is 1.15 bits per heavy atom. The van der Waals surface area contributed by atoms with E-state index in [1.807, 2.05) is 43.5 Å². The first-order chi connectivity index (χ1) is 13.2. The highest BCUT2D eigenvalue weighted by Gasteiger charge is 2.16. The fraction of sp³-hybridized carbons (Fsp3) is 0.150. The van der Waals surface area contributed by atoms with Gasteiger partial charge in [-0.25, -0.2) is 14.1 Å². The minimum absolute atomic E-state index is 0.309. The van der Waals surface area contributed by atoms with Crippen LogP contribution in [0, 0.1) is 12.7 Å². The molecule has 0 unspecified atom stereocenters. The Balaban J connectivity index is 1.64. The molecule has 0 atom stereocenters. The molecule has 2 heterocycles. The lowest BCUT2D eigenvalue weighted by Gasteiger charge is -2.03. The molecule has 0 amide bonds. The fourth-order valence-electron chi connectivity index (χ4n) is 2.78. The van der Waals surface area contributed by atoms with E-state index in [2.05, 4.69) is 10.3 Å². The fourth-order valence-corrected chi connectivity index (χ4v) is 3.65. The van der Waals surface area contributed by atoms with Gasteiger partial charge in [0.25, 0.3) is 0 Å². The van der Waals surface area contributed by atoms with Gasteiger partial charge in [-0.15, -0.1) is 16.4 Å².